The number of thiophene rings is 1. The summed E-state index contributed by atoms with van der Waals surface area (Å²) in [6.45, 7) is 7.55. The van der Waals surface area contributed by atoms with E-state index in [4.69, 9.17) is 9.97 Å². The van der Waals surface area contributed by atoms with Crippen LogP contribution in [0.3, 0.4) is 0 Å². The van der Waals surface area contributed by atoms with E-state index in [1.54, 1.807) is 0 Å². The molecule has 3 heterocycles. The van der Waals surface area contributed by atoms with Gasteiger partial charge < -0.3 is 9.80 Å². The van der Waals surface area contributed by atoms with Crippen molar-refractivity contribution in [2.45, 2.75) is 39.5 Å². The second-order valence-electron chi connectivity index (χ2n) is 8.49. The molecule has 3 aromatic rings. The highest BCUT2D eigenvalue weighted by Crippen LogP contribution is 2.41. The van der Waals surface area contributed by atoms with Gasteiger partial charge in [-0.05, 0) is 42.9 Å². The zero-order chi connectivity index (χ0) is 20.7. The third-order valence-corrected chi connectivity index (χ3v) is 7.53. The van der Waals surface area contributed by atoms with Crippen LogP contribution < -0.4 is 4.90 Å². The lowest BCUT2D eigenvalue weighted by molar-refractivity contribution is 0.0746. The second kappa shape index (κ2) is 7.99. The van der Waals surface area contributed by atoms with Gasteiger partial charge in [-0.2, -0.15) is 0 Å². The third-order valence-electron chi connectivity index (χ3n) is 6.39. The number of hydrogen-bond donors (Lipinski definition) is 0. The van der Waals surface area contributed by atoms with E-state index in [2.05, 4.69) is 18.7 Å². The highest BCUT2D eigenvalue weighted by Gasteiger charge is 2.28. The quantitative estimate of drug-likeness (QED) is 0.632. The summed E-state index contributed by atoms with van der Waals surface area (Å²) in [6, 6.07) is 9.59. The predicted molar refractivity (Wildman–Crippen MR) is 123 cm³/mol. The van der Waals surface area contributed by atoms with Gasteiger partial charge in [0.1, 0.15) is 16.5 Å². The maximum atomic E-state index is 12.8. The summed E-state index contributed by atoms with van der Waals surface area (Å²) < 4.78 is 0. The molecule has 1 fully saturated rings. The summed E-state index contributed by atoms with van der Waals surface area (Å²) in [4.78, 5) is 29.7. The molecular formula is C24H28N4OS. The molecule has 1 unspecified atom stereocenters. The van der Waals surface area contributed by atoms with Crippen molar-refractivity contribution >= 4 is 33.3 Å². The molecule has 2 aromatic heterocycles. The molecule has 156 valence electrons. The lowest BCUT2D eigenvalue weighted by Crippen LogP contribution is -2.49. The van der Waals surface area contributed by atoms with Gasteiger partial charge in [-0.3, -0.25) is 4.79 Å². The van der Waals surface area contributed by atoms with Gasteiger partial charge in [0.25, 0.3) is 5.91 Å². The van der Waals surface area contributed by atoms with E-state index in [1.165, 1.54) is 22.2 Å². The number of aryl methyl sites for hydroxylation is 2. The molecule has 6 heteroatoms. The Morgan fingerprint density at radius 1 is 1.13 bits per heavy atom. The van der Waals surface area contributed by atoms with Gasteiger partial charge in [0.15, 0.2) is 0 Å². The van der Waals surface area contributed by atoms with Gasteiger partial charge >= 0.3 is 0 Å². The summed E-state index contributed by atoms with van der Waals surface area (Å²) in [6.07, 6.45) is 4.38. The van der Waals surface area contributed by atoms with Crippen molar-refractivity contribution in [2.75, 3.05) is 31.1 Å². The number of aromatic nitrogens is 2. The lowest BCUT2D eigenvalue weighted by Gasteiger charge is -2.36. The van der Waals surface area contributed by atoms with E-state index in [-0.39, 0.29) is 5.91 Å². The fourth-order valence-electron chi connectivity index (χ4n) is 4.64. The zero-order valence-electron chi connectivity index (χ0n) is 17.7. The van der Waals surface area contributed by atoms with Crippen LogP contribution in [0.2, 0.25) is 0 Å². The Bertz CT molecular complexity index is 1070. The average Bonchev–Trinajstić information content (AvgIpc) is 3.16. The molecule has 0 N–H and O–H groups in total. The third kappa shape index (κ3) is 3.47. The first-order valence-electron chi connectivity index (χ1n) is 11.0. The first-order chi connectivity index (χ1) is 14.6. The van der Waals surface area contributed by atoms with Crippen LogP contribution in [0.15, 0.2) is 30.3 Å². The van der Waals surface area contributed by atoms with Crippen LogP contribution >= 0.6 is 11.3 Å². The number of piperazine rings is 1. The molecule has 0 saturated carbocycles. The molecular weight excluding hydrogens is 392 g/mol. The molecule has 0 radical (unpaired) electrons. The highest BCUT2D eigenvalue weighted by molar-refractivity contribution is 7.19. The zero-order valence-corrected chi connectivity index (χ0v) is 18.5. The molecule has 5 nitrogen and oxygen atoms in total. The fourth-order valence-corrected chi connectivity index (χ4v) is 6.03. The maximum absolute atomic E-state index is 12.8. The summed E-state index contributed by atoms with van der Waals surface area (Å²) in [5, 5.41) is 1.28. The van der Waals surface area contributed by atoms with E-state index in [9.17, 15) is 4.79 Å². The molecule has 1 aromatic carbocycles. The Balaban J connectivity index is 1.43. The number of carbonyl (C=O) groups is 1. The Kier molecular flexibility index (Phi) is 5.19. The molecule has 1 aliphatic carbocycles. The van der Waals surface area contributed by atoms with Crippen LogP contribution in [0.5, 0.6) is 0 Å². The molecule has 0 spiro atoms. The first-order valence-corrected chi connectivity index (χ1v) is 11.9. The van der Waals surface area contributed by atoms with E-state index >= 15 is 0 Å². The molecule has 1 aliphatic heterocycles. The number of carbonyl (C=O) groups excluding carboxylic acids is 1. The van der Waals surface area contributed by atoms with Crippen LogP contribution in [0.1, 0.15) is 46.9 Å². The number of benzene rings is 1. The minimum absolute atomic E-state index is 0.124. The second-order valence-corrected chi connectivity index (χ2v) is 9.58. The predicted octanol–water partition coefficient (Wildman–Crippen LogP) is 4.34. The van der Waals surface area contributed by atoms with Crippen molar-refractivity contribution in [3.05, 3.63) is 52.2 Å². The average molecular weight is 421 g/mol. The van der Waals surface area contributed by atoms with Crippen LogP contribution in [0.25, 0.3) is 10.2 Å². The molecule has 30 heavy (non-hydrogen) atoms. The summed E-state index contributed by atoms with van der Waals surface area (Å²) in [5.41, 5.74) is 2.25. The standard InChI is InChI=1S/C24H28N4OS/c1-3-20-25-22(21-18-10-9-16(2)15-19(18)30-23(21)26-20)27-11-13-28(14-12-27)24(29)17-7-5-4-6-8-17/h4-8,16H,3,9-15H2,1-2H3. The molecule has 0 bridgehead atoms. The number of amides is 1. The summed E-state index contributed by atoms with van der Waals surface area (Å²) in [5.74, 6) is 2.89. The highest BCUT2D eigenvalue weighted by atomic mass is 32.1. The number of rotatable bonds is 3. The van der Waals surface area contributed by atoms with Crippen LogP contribution in [-0.4, -0.2) is 47.0 Å². The van der Waals surface area contributed by atoms with Crippen LogP contribution in [0.4, 0.5) is 5.82 Å². The maximum Gasteiger partial charge on any atom is 0.253 e. The van der Waals surface area contributed by atoms with E-state index in [0.717, 1.165) is 73.4 Å². The first kappa shape index (κ1) is 19.5. The molecule has 1 amide bonds. The summed E-state index contributed by atoms with van der Waals surface area (Å²) >= 11 is 1.87. The van der Waals surface area contributed by atoms with Gasteiger partial charge in [-0.1, -0.05) is 32.0 Å². The minimum atomic E-state index is 0.124. The van der Waals surface area contributed by atoms with Crippen molar-refractivity contribution in [3.8, 4) is 0 Å². The number of hydrogen-bond acceptors (Lipinski definition) is 5. The molecule has 1 saturated heterocycles. The van der Waals surface area contributed by atoms with Gasteiger partial charge in [0.2, 0.25) is 0 Å². The van der Waals surface area contributed by atoms with Crippen molar-refractivity contribution < 1.29 is 4.79 Å². The number of fused-ring (bicyclic) bond motifs is 3. The van der Waals surface area contributed by atoms with E-state index < -0.39 is 0 Å². The van der Waals surface area contributed by atoms with Gasteiger partial charge in [0.05, 0.1) is 5.39 Å². The van der Waals surface area contributed by atoms with E-state index in [1.807, 2.05) is 46.6 Å². The monoisotopic (exact) mass is 420 g/mol. The lowest BCUT2D eigenvalue weighted by atomic mass is 9.89. The Hall–Kier alpha value is -2.47. The Labute approximate surface area is 181 Å². The Morgan fingerprint density at radius 3 is 2.63 bits per heavy atom. The Morgan fingerprint density at radius 2 is 1.90 bits per heavy atom. The van der Waals surface area contributed by atoms with Crippen LogP contribution in [0, 0.1) is 5.92 Å². The van der Waals surface area contributed by atoms with Gasteiger partial charge in [-0.15, -0.1) is 11.3 Å². The normalized spacial score (nSPS) is 19.2. The van der Waals surface area contributed by atoms with Crippen LogP contribution in [-0.2, 0) is 19.3 Å². The number of anilines is 1. The molecule has 2 aliphatic rings. The fraction of sp³-hybridized carbons (Fsp3) is 0.458. The largest absolute Gasteiger partial charge is 0.352 e. The minimum Gasteiger partial charge on any atom is -0.352 e. The SMILES string of the molecule is CCc1nc(N2CCN(C(=O)c3ccccc3)CC2)c2c3c(sc2n1)CC(C)CC3. The smallest absolute Gasteiger partial charge is 0.253 e. The van der Waals surface area contributed by atoms with Gasteiger partial charge in [-0.25, -0.2) is 9.97 Å². The number of nitrogens with zero attached hydrogens (tertiary/aromatic N) is 4. The molecule has 1 atom stereocenters. The topological polar surface area (TPSA) is 49.3 Å². The van der Waals surface area contributed by atoms with Crippen molar-refractivity contribution in [3.63, 3.8) is 0 Å². The molecule has 5 rings (SSSR count). The van der Waals surface area contributed by atoms with Crippen molar-refractivity contribution in [2.24, 2.45) is 5.92 Å². The van der Waals surface area contributed by atoms with Gasteiger partial charge in [0, 0.05) is 43.0 Å². The summed E-state index contributed by atoms with van der Waals surface area (Å²) in [7, 11) is 0. The van der Waals surface area contributed by atoms with Crippen molar-refractivity contribution in [1.29, 1.82) is 0 Å². The van der Waals surface area contributed by atoms with Crippen molar-refractivity contribution in [1.82, 2.24) is 14.9 Å². The van der Waals surface area contributed by atoms with E-state index in [0.29, 0.717) is 0 Å².